The van der Waals surface area contributed by atoms with Crippen molar-refractivity contribution in [3.63, 3.8) is 0 Å². The molecule has 0 N–H and O–H groups in total. The Morgan fingerprint density at radius 2 is 1.56 bits per heavy atom. The quantitative estimate of drug-likeness (QED) is 0.107. The van der Waals surface area contributed by atoms with Crippen molar-refractivity contribution in [1.82, 2.24) is 19.3 Å². The van der Waals surface area contributed by atoms with Gasteiger partial charge in [0.05, 0.1) is 22.4 Å². The van der Waals surface area contributed by atoms with Crippen molar-refractivity contribution < 1.29 is 4.74 Å². The predicted molar refractivity (Wildman–Crippen MR) is 217 cm³/mol. The highest BCUT2D eigenvalue weighted by Crippen LogP contribution is 2.38. The van der Waals surface area contributed by atoms with Gasteiger partial charge >= 0.3 is 0 Å². The highest BCUT2D eigenvalue weighted by molar-refractivity contribution is 6.09. The van der Waals surface area contributed by atoms with Crippen LogP contribution in [0.1, 0.15) is 94.7 Å². The van der Waals surface area contributed by atoms with Gasteiger partial charge in [0.2, 0.25) is 0 Å². The predicted octanol–water partition coefficient (Wildman–Crippen LogP) is 13.1. The zero-order chi connectivity index (χ0) is 36.2. The van der Waals surface area contributed by atoms with Gasteiger partial charge in [0.1, 0.15) is 17.3 Å². The Kier molecular flexibility index (Phi) is 10.6. The van der Waals surface area contributed by atoms with Gasteiger partial charge in [-0.2, -0.15) is 5.10 Å². The molecule has 7 rings (SSSR count). The van der Waals surface area contributed by atoms with Crippen LogP contribution in [0.25, 0.3) is 44.4 Å². The van der Waals surface area contributed by atoms with Crippen molar-refractivity contribution in [2.75, 3.05) is 0 Å². The molecule has 3 heterocycles. The second-order valence-electron chi connectivity index (χ2n) is 14.7. The number of fused-ring (bicyclic) bond motifs is 3. The maximum absolute atomic E-state index is 6.64. The van der Waals surface area contributed by atoms with Crippen molar-refractivity contribution in [2.24, 2.45) is 5.92 Å². The Morgan fingerprint density at radius 3 is 2.37 bits per heavy atom. The third-order valence-electron chi connectivity index (χ3n) is 10.6. The average molecular weight is 689 g/mol. The second-order valence-corrected chi connectivity index (χ2v) is 14.7. The van der Waals surface area contributed by atoms with Crippen LogP contribution in [0.4, 0.5) is 0 Å². The third-order valence-corrected chi connectivity index (χ3v) is 10.6. The Bertz CT molecular complexity index is 2300. The average Bonchev–Trinajstić information content (AvgIpc) is 3.64. The number of aryl methyl sites for hydroxylation is 2. The molecule has 0 aliphatic rings. The molecule has 0 aliphatic carbocycles. The van der Waals surface area contributed by atoms with Crippen LogP contribution < -0.4 is 4.74 Å². The molecule has 0 saturated heterocycles. The van der Waals surface area contributed by atoms with Gasteiger partial charge in [0.25, 0.3) is 0 Å². The van der Waals surface area contributed by atoms with Crippen LogP contribution in [-0.4, -0.2) is 19.3 Å². The van der Waals surface area contributed by atoms with E-state index in [4.69, 9.17) is 14.8 Å². The molecule has 2 atom stereocenters. The molecule has 0 amide bonds. The molecular formula is C47H52N4O. The third kappa shape index (κ3) is 7.27. The number of rotatable bonds is 14. The summed E-state index contributed by atoms with van der Waals surface area (Å²) in [5.74, 6) is 3.70. The Labute approximate surface area is 309 Å². The SMILES string of the molecule is CCCCCc1ccnc(-n2c3ccc(C(C)CC(C)CCC)cc3c3ccc(Oc4cccc(-n5nc(C)c(-c6ccccc6)c5C)c4)cc32)c1. The number of pyridine rings is 1. The van der Waals surface area contributed by atoms with E-state index in [0.29, 0.717) is 11.8 Å². The van der Waals surface area contributed by atoms with Gasteiger partial charge in [0.15, 0.2) is 0 Å². The number of aromatic nitrogens is 4. The standard InChI is InChI=1S/C47H52N4O/c1-7-9-11-16-36-25-26-48-46(28-36)50-44-24-21-38(33(4)27-32(3)15-8-2)29-43(44)42-23-22-41(31-45(42)50)52-40-20-14-19-39(30-40)51-35(6)47(34(5)49-51)37-17-12-10-13-18-37/h10,12-14,17-26,28-33H,7-9,11,15-16,27H2,1-6H3. The van der Waals surface area contributed by atoms with E-state index in [9.17, 15) is 0 Å². The van der Waals surface area contributed by atoms with Gasteiger partial charge in [0, 0.05) is 40.4 Å². The zero-order valence-corrected chi connectivity index (χ0v) is 31.7. The fourth-order valence-corrected chi connectivity index (χ4v) is 8.03. The minimum atomic E-state index is 0.491. The summed E-state index contributed by atoms with van der Waals surface area (Å²) in [6.45, 7) is 13.5. The van der Waals surface area contributed by atoms with Crippen molar-refractivity contribution in [3.05, 3.63) is 132 Å². The van der Waals surface area contributed by atoms with Crippen LogP contribution in [0.5, 0.6) is 11.5 Å². The van der Waals surface area contributed by atoms with Crippen molar-refractivity contribution in [3.8, 4) is 34.1 Å². The van der Waals surface area contributed by atoms with Crippen molar-refractivity contribution in [1.29, 1.82) is 0 Å². The largest absolute Gasteiger partial charge is 0.457 e. The molecule has 7 aromatic rings. The van der Waals surface area contributed by atoms with E-state index >= 15 is 0 Å². The highest BCUT2D eigenvalue weighted by atomic mass is 16.5. The molecule has 0 fully saturated rings. The molecule has 5 heteroatoms. The lowest BCUT2D eigenvalue weighted by Crippen LogP contribution is -2.02. The summed E-state index contributed by atoms with van der Waals surface area (Å²) in [5.41, 5.74) is 10.4. The van der Waals surface area contributed by atoms with E-state index < -0.39 is 0 Å². The van der Waals surface area contributed by atoms with Gasteiger partial charge in [-0.05, 0) is 110 Å². The first-order valence-corrected chi connectivity index (χ1v) is 19.3. The lowest BCUT2D eigenvalue weighted by atomic mass is 9.88. The zero-order valence-electron chi connectivity index (χ0n) is 31.7. The van der Waals surface area contributed by atoms with Gasteiger partial charge < -0.3 is 4.74 Å². The topological polar surface area (TPSA) is 44.9 Å². The Morgan fingerprint density at radius 1 is 0.731 bits per heavy atom. The number of benzene rings is 4. The summed E-state index contributed by atoms with van der Waals surface area (Å²) in [7, 11) is 0. The Hall–Kier alpha value is -5.16. The van der Waals surface area contributed by atoms with Crippen LogP contribution in [0.2, 0.25) is 0 Å². The smallest absolute Gasteiger partial charge is 0.137 e. The molecule has 5 nitrogen and oxygen atoms in total. The lowest BCUT2D eigenvalue weighted by Gasteiger charge is -2.17. The molecule has 2 unspecified atom stereocenters. The molecule has 0 bridgehead atoms. The number of unbranched alkanes of at least 4 members (excludes halogenated alkanes) is 2. The number of ether oxygens (including phenoxy) is 1. The molecule has 3 aromatic heterocycles. The summed E-state index contributed by atoms with van der Waals surface area (Å²) in [6, 6.07) is 36.7. The minimum Gasteiger partial charge on any atom is -0.457 e. The highest BCUT2D eigenvalue weighted by Gasteiger charge is 2.19. The van der Waals surface area contributed by atoms with Gasteiger partial charge in [-0.25, -0.2) is 9.67 Å². The summed E-state index contributed by atoms with van der Waals surface area (Å²) in [4.78, 5) is 4.94. The number of hydrogen-bond acceptors (Lipinski definition) is 3. The van der Waals surface area contributed by atoms with Crippen LogP contribution in [-0.2, 0) is 6.42 Å². The fourth-order valence-electron chi connectivity index (χ4n) is 8.03. The van der Waals surface area contributed by atoms with Crippen molar-refractivity contribution in [2.45, 2.75) is 92.4 Å². The molecule has 52 heavy (non-hydrogen) atoms. The molecule has 266 valence electrons. The summed E-state index contributed by atoms with van der Waals surface area (Å²) < 4.78 is 11.0. The number of hydrogen-bond donors (Lipinski definition) is 0. The van der Waals surface area contributed by atoms with Gasteiger partial charge in [-0.1, -0.05) is 95.8 Å². The van der Waals surface area contributed by atoms with E-state index in [-0.39, 0.29) is 0 Å². The van der Waals surface area contributed by atoms with Gasteiger partial charge in [-0.3, -0.25) is 4.57 Å². The van der Waals surface area contributed by atoms with E-state index in [1.165, 1.54) is 77.1 Å². The lowest BCUT2D eigenvalue weighted by molar-refractivity contribution is 0.449. The molecule has 0 spiro atoms. The monoisotopic (exact) mass is 688 g/mol. The van der Waals surface area contributed by atoms with Gasteiger partial charge in [-0.15, -0.1) is 0 Å². The first kappa shape index (κ1) is 35.3. The van der Waals surface area contributed by atoms with E-state index in [1.54, 1.807) is 0 Å². The Balaban J connectivity index is 1.27. The normalized spacial score (nSPS) is 12.8. The van der Waals surface area contributed by atoms with E-state index in [1.807, 2.05) is 29.1 Å². The van der Waals surface area contributed by atoms with Crippen LogP contribution in [0.3, 0.4) is 0 Å². The molecular weight excluding hydrogens is 637 g/mol. The van der Waals surface area contributed by atoms with E-state index in [2.05, 4.69) is 131 Å². The van der Waals surface area contributed by atoms with E-state index in [0.717, 1.165) is 46.3 Å². The molecule has 4 aromatic carbocycles. The molecule has 0 saturated carbocycles. The van der Waals surface area contributed by atoms with Crippen LogP contribution in [0, 0.1) is 19.8 Å². The summed E-state index contributed by atoms with van der Waals surface area (Å²) in [5, 5.41) is 7.41. The minimum absolute atomic E-state index is 0.491. The first-order chi connectivity index (χ1) is 25.3. The van der Waals surface area contributed by atoms with Crippen LogP contribution in [0.15, 0.2) is 109 Å². The molecule has 0 aliphatic heterocycles. The number of nitrogens with zero attached hydrogens (tertiary/aromatic N) is 4. The fraction of sp³-hybridized carbons (Fsp3) is 0.319. The summed E-state index contributed by atoms with van der Waals surface area (Å²) in [6.07, 6.45) is 10.4. The maximum atomic E-state index is 6.64. The maximum Gasteiger partial charge on any atom is 0.137 e. The van der Waals surface area contributed by atoms with Crippen LogP contribution >= 0.6 is 0 Å². The molecule has 0 radical (unpaired) electrons. The summed E-state index contributed by atoms with van der Waals surface area (Å²) >= 11 is 0. The first-order valence-electron chi connectivity index (χ1n) is 19.3. The van der Waals surface area contributed by atoms with Crippen molar-refractivity contribution >= 4 is 21.8 Å². The second kappa shape index (κ2) is 15.6.